The Labute approximate surface area is 236 Å². The van der Waals surface area contributed by atoms with Crippen LogP contribution < -0.4 is 15.5 Å². The molecule has 3 rings (SSSR count). The highest BCUT2D eigenvalue weighted by molar-refractivity contribution is 6.76. The standard InChI is InChI=1S/C27H33BF5NO6Si/c1-26(2)27(3,4)40-28(39-26)16-10-8-9-15(13-16)17(14-34-25(36)37-11-12-41(5,6)7)24(35)38-23-21(32)19(30)18(29)20(31)22(23)33/h8-10,13,17H,11-12,14H2,1-7H3,(H,34,36)/q-1. The van der Waals surface area contributed by atoms with E-state index in [0.717, 1.165) is 0 Å². The second-order valence-corrected chi connectivity index (χ2v) is 17.6. The fraction of sp³-hybridized carbons (Fsp3) is 0.481. The minimum Gasteiger partial charge on any atom is -0.453 e. The molecular weight excluding hydrogens is 568 g/mol. The number of hydrogen-bond acceptors (Lipinski definition) is 6. The van der Waals surface area contributed by atoms with Gasteiger partial charge in [0.15, 0.2) is 0 Å². The fourth-order valence-corrected chi connectivity index (χ4v) is 4.49. The summed E-state index contributed by atoms with van der Waals surface area (Å²) < 4.78 is 91.5. The molecule has 14 heteroatoms. The summed E-state index contributed by atoms with van der Waals surface area (Å²) in [6.45, 7) is 13.3. The summed E-state index contributed by atoms with van der Waals surface area (Å²) in [5, 5.41) is 2.41. The van der Waals surface area contributed by atoms with Crippen LogP contribution >= 0.6 is 0 Å². The van der Waals surface area contributed by atoms with Crippen LogP contribution in [0.5, 0.6) is 5.75 Å². The van der Waals surface area contributed by atoms with E-state index in [4.69, 9.17) is 18.8 Å². The Hall–Kier alpha value is -2.97. The maximum atomic E-state index is 14.3. The first-order valence-electron chi connectivity index (χ1n) is 12.9. The van der Waals surface area contributed by atoms with E-state index in [-0.39, 0.29) is 12.2 Å². The van der Waals surface area contributed by atoms with Crippen molar-refractivity contribution in [3.63, 3.8) is 0 Å². The van der Waals surface area contributed by atoms with Gasteiger partial charge in [0, 0.05) is 6.54 Å². The molecule has 1 aliphatic rings. The van der Waals surface area contributed by atoms with E-state index in [1.54, 1.807) is 12.1 Å². The Morgan fingerprint density at radius 3 is 2.00 bits per heavy atom. The molecule has 41 heavy (non-hydrogen) atoms. The number of benzene rings is 2. The molecular formula is C27H33BF5NO6Si-. The lowest BCUT2D eigenvalue weighted by Gasteiger charge is -2.32. The van der Waals surface area contributed by atoms with Crippen molar-refractivity contribution >= 4 is 32.7 Å². The summed E-state index contributed by atoms with van der Waals surface area (Å²) in [5.74, 6) is -16.1. The van der Waals surface area contributed by atoms with Gasteiger partial charge in [0.05, 0.1) is 23.7 Å². The van der Waals surface area contributed by atoms with Crippen molar-refractivity contribution in [3.8, 4) is 5.75 Å². The van der Waals surface area contributed by atoms with E-state index >= 15 is 0 Å². The topological polar surface area (TPSA) is 83.1 Å². The van der Waals surface area contributed by atoms with Crippen molar-refractivity contribution in [2.45, 2.75) is 70.5 Å². The van der Waals surface area contributed by atoms with Gasteiger partial charge in [-0.1, -0.05) is 24.3 Å². The van der Waals surface area contributed by atoms with E-state index in [1.807, 2.05) is 27.7 Å². The van der Waals surface area contributed by atoms with Crippen LogP contribution in [0.4, 0.5) is 26.7 Å². The van der Waals surface area contributed by atoms with Gasteiger partial charge in [-0.25, -0.2) is 18.0 Å². The molecule has 1 amide bonds. The van der Waals surface area contributed by atoms with Gasteiger partial charge in [-0.2, -0.15) is 28.4 Å². The summed E-state index contributed by atoms with van der Waals surface area (Å²) >= 11 is 0. The molecule has 1 N–H and O–H groups in total. The first-order valence-corrected chi connectivity index (χ1v) is 16.6. The van der Waals surface area contributed by atoms with Crippen molar-refractivity contribution in [1.82, 2.24) is 5.32 Å². The number of esters is 1. The molecule has 225 valence electrons. The van der Waals surface area contributed by atoms with Gasteiger partial charge < -0.3 is 24.1 Å². The van der Waals surface area contributed by atoms with Crippen LogP contribution in [0.15, 0.2) is 24.3 Å². The van der Waals surface area contributed by atoms with Crippen LogP contribution in [0.25, 0.3) is 0 Å². The monoisotopic (exact) mass is 601 g/mol. The number of nitrogens with one attached hydrogen (secondary N) is 1. The first-order chi connectivity index (χ1) is 18.8. The quantitative estimate of drug-likeness (QED) is 0.103. The van der Waals surface area contributed by atoms with Gasteiger partial charge in [0.1, 0.15) is 0 Å². The molecule has 0 saturated carbocycles. The van der Waals surface area contributed by atoms with Crippen molar-refractivity contribution in [1.29, 1.82) is 0 Å². The SMILES string of the molecule is CC1(C)OB(c2cccc(C(CNC(=O)OCC[Si-](C)(C)C)C(=O)Oc3c(F)c(F)c(F)c(F)c3F)c2)OC1(C)C. The molecule has 1 aliphatic heterocycles. The van der Waals surface area contributed by atoms with E-state index in [0.29, 0.717) is 11.5 Å². The Kier molecular flexibility index (Phi) is 9.61. The highest BCUT2D eigenvalue weighted by Crippen LogP contribution is 2.37. The number of carbonyl (C=O) groups excluding carboxylic acids is 2. The summed E-state index contributed by atoms with van der Waals surface area (Å²) in [6.07, 6.45) is -0.862. The summed E-state index contributed by atoms with van der Waals surface area (Å²) in [4.78, 5) is 25.5. The van der Waals surface area contributed by atoms with Crippen molar-refractivity contribution in [2.24, 2.45) is 0 Å². The lowest BCUT2D eigenvalue weighted by Crippen LogP contribution is -2.41. The third kappa shape index (κ3) is 7.46. The fourth-order valence-electron chi connectivity index (χ4n) is 3.77. The molecule has 2 aromatic rings. The van der Waals surface area contributed by atoms with E-state index in [1.165, 1.54) is 12.1 Å². The number of rotatable bonds is 9. The Morgan fingerprint density at radius 2 is 1.46 bits per heavy atom. The van der Waals surface area contributed by atoms with E-state index in [9.17, 15) is 31.5 Å². The number of ether oxygens (including phenoxy) is 2. The van der Waals surface area contributed by atoms with E-state index in [2.05, 4.69) is 25.0 Å². The van der Waals surface area contributed by atoms with Gasteiger partial charge in [-0.15, -0.1) is 14.1 Å². The smallest absolute Gasteiger partial charge is 0.453 e. The van der Waals surface area contributed by atoms with Crippen LogP contribution in [0.1, 0.15) is 39.2 Å². The highest BCUT2D eigenvalue weighted by atomic mass is 28.3. The average molecular weight is 601 g/mol. The van der Waals surface area contributed by atoms with Crippen molar-refractivity contribution < 1.29 is 50.3 Å². The molecule has 0 aliphatic carbocycles. The minimum absolute atomic E-state index is 0.138. The molecule has 1 unspecified atom stereocenters. The van der Waals surface area contributed by atoms with Gasteiger partial charge >= 0.3 is 19.2 Å². The Balaban J connectivity index is 1.90. The third-order valence-electron chi connectivity index (χ3n) is 7.03. The maximum Gasteiger partial charge on any atom is 0.494 e. The average Bonchev–Trinajstić information content (AvgIpc) is 3.10. The lowest BCUT2D eigenvalue weighted by molar-refractivity contribution is -0.136. The zero-order valence-corrected chi connectivity index (χ0v) is 24.9. The van der Waals surface area contributed by atoms with Gasteiger partial charge in [-0.05, 0) is 38.7 Å². The Morgan fingerprint density at radius 1 is 0.927 bits per heavy atom. The van der Waals surface area contributed by atoms with Gasteiger partial charge in [-0.3, -0.25) is 4.79 Å². The van der Waals surface area contributed by atoms with Crippen LogP contribution in [0, 0.1) is 29.1 Å². The predicted molar refractivity (Wildman–Crippen MR) is 144 cm³/mol. The molecule has 1 fully saturated rings. The second kappa shape index (κ2) is 12.1. The van der Waals surface area contributed by atoms with Crippen LogP contribution in [0.3, 0.4) is 0 Å². The molecule has 1 saturated heterocycles. The summed E-state index contributed by atoms with van der Waals surface area (Å²) in [7, 11) is -2.35. The van der Waals surface area contributed by atoms with Crippen LogP contribution in [-0.4, -0.2) is 51.6 Å². The van der Waals surface area contributed by atoms with Crippen molar-refractivity contribution in [3.05, 3.63) is 58.9 Å². The molecule has 0 spiro atoms. The summed E-state index contributed by atoms with van der Waals surface area (Å²) in [5.41, 5.74) is -0.695. The zero-order chi connectivity index (χ0) is 30.9. The molecule has 2 aromatic carbocycles. The number of halogens is 5. The van der Waals surface area contributed by atoms with Crippen LogP contribution in [0.2, 0.25) is 25.7 Å². The predicted octanol–water partition coefficient (Wildman–Crippen LogP) is 5.43. The third-order valence-corrected chi connectivity index (χ3v) is 8.74. The molecule has 0 radical (unpaired) electrons. The number of carbonyl (C=O) groups is 2. The van der Waals surface area contributed by atoms with Crippen LogP contribution in [-0.2, 0) is 18.8 Å². The lowest BCUT2D eigenvalue weighted by atomic mass is 9.77. The second-order valence-electron chi connectivity index (χ2n) is 12.0. The Bertz CT molecular complexity index is 1270. The molecule has 0 aromatic heterocycles. The van der Waals surface area contributed by atoms with E-state index < -0.39 is 85.8 Å². The first kappa shape index (κ1) is 32.5. The number of alkyl carbamates (subject to hydrolysis) is 1. The minimum atomic E-state index is -2.39. The van der Waals surface area contributed by atoms with Gasteiger partial charge in [0.25, 0.3) is 0 Å². The van der Waals surface area contributed by atoms with Crippen molar-refractivity contribution in [2.75, 3.05) is 13.2 Å². The molecule has 7 nitrogen and oxygen atoms in total. The maximum absolute atomic E-state index is 14.3. The molecule has 1 atom stereocenters. The molecule has 0 bridgehead atoms. The normalized spacial score (nSPS) is 16.8. The highest BCUT2D eigenvalue weighted by Gasteiger charge is 2.51. The zero-order valence-electron chi connectivity index (χ0n) is 23.9. The largest absolute Gasteiger partial charge is 0.494 e. The summed E-state index contributed by atoms with van der Waals surface area (Å²) in [6, 6.07) is 6.88. The number of hydrogen-bond donors (Lipinski definition) is 1. The van der Waals surface area contributed by atoms with Gasteiger partial charge in [0.2, 0.25) is 34.8 Å². The number of amides is 1. The molecule has 1 heterocycles.